The maximum absolute atomic E-state index is 13.6. The number of hydrogen-bond donors (Lipinski definition) is 0. The van der Waals surface area contributed by atoms with Crippen LogP contribution in [0.1, 0.15) is 12.5 Å². The Morgan fingerprint density at radius 1 is 1.10 bits per heavy atom. The minimum Gasteiger partial charge on any atom is -0.495 e. The Kier molecular flexibility index (Phi) is 5.62. The van der Waals surface area contributed by atoms with Gasteiger partial charge in [-0.15, -0.1) is 0 Å². The molecule has 152 valence electrons. The highest BCUT2D eigenvalue weighted by atomic mass is 35.5. The molecule has 1 aliphatic heterocycles. The third kappa shape index (κ3) is 3.44. The number of fused-ring (bicyclic) bond motifs is 1. The fraction of sp³-hybridized carbons (Fsp3) is 0.300. The zero-order valence-corrected chi connectivity index (χ0v) is 17.9. The standard InChI is InChI=1S/C20H17Cl3N2O4/c1-27-14-7-15(28-2)19(23)17(18(14)22)12-5-10-8-24-16(21)6-13(10)25(20(12)26)11-3-4-29-9-11/h5-8,11H,3-4,9H2,1-2H3. The summed E-state index contributed by atoms with van der Waals surface area (Å²) in [5.41, 5.74) is 1.09. The van der Waals surface area contributed by atoms with Crippen LogP contribution in [0.25, 0.3) is 22.0 Å². The van der Waals surface area contributed by atoms with Crippen LogP contribution in [0.4, 0.5) is 0 Å². The fourth-order valence-corrected chi connectivity index (χ4v) is 4.45. The number of hydrogen-bond acceptors (Lipinski definition) is 5. The van der Waals surface area contributed by atoms with Crippen molar-refractivity contribution in [3.05, 3.63) is 49.9 Å². The van der Waals surface area contributed by atoms with E-state index in [4.69, 9.17) is 49.0 Å². The lowest BCUT2D eigenvalue weighted by Crippen LogP contribution is -2.27. The van der Waals surface area contributed by atoms with Crippen LogP contribution in [0.15, 0.2) is 29.2 Å². The minimum absolute atomic E-state index is 0.131. The smallest absolute Gasteiger partial charge is 0.259 e. The summed E-state index contributed by atoms with van der Waals surface area (Å²) in [7, 11) is 2.97. The summed E-state index contributed by atoms with van der Waals surface area (Å²) in [6.45, 7) is 1.01. The monoisotopic (exact) mass is 454 g/mol. The molecular weight excluding hydrogens is 439 g/mol. The van der Waals surface area contributed by atoms with E-state index in [0.717, 1.165) is 5.39 Å². The van der Waals surface area contributed by atoms with Crippen molar-refractivity contribution in [2.75, 3.05) is 27.4 Å². The molecule has 1 aromatic carbocycles. The van der Waals surface area contributed by atoms with E-state index < -0.39 is 0 Å². The van der Waals surface area contributed by atoms with Gasteiger partial charge in [-0.05, 0) is 18.6 Å². The largest absolute Gasteiger partial charge is 0.495 e. The summed E-state index contributed by atoms with van der Waals surface area (Å²) < 4.78 is 17.9. The minimum atomic E-state index is -0.255. The molecule has 2 aromatic heterocycles. The summed E-state index contributed by atoms with van der Waals surface area (Å²) in [4.78, 5) is 17.8. The molecule has 9 heteroatoms. The fourth-order valence-electron chi connectivity index (χ4n) is 3.60. The van der Waals surface area contributed by atoms with Crippen LogP contribution >= 0.6 is 34.8 Å². The SMILES string of the molecule is COc1cc(OC)c(Cl)c(-c2cc3cnc(Cl)cc3n(C3CCOC3)c2=O)c1Cl. The first-order valence-corrected chi connectivity index (χ1v) is 9.98. The molecule has 0 aliphatic carbocycles. The molecule has 1 aliphatic rings. The predicted molar refractivity (Wildman–Crippen MR) is 114 cm³/mol. The van der Waals surface area contributed by atoms with Gasteiger partial charge in [0.2, 0.25) is 0 Å². The average Bonchev–Trinajstić information content (AvgIpc) is 3.23. The van der Waals surface area contributed by atoms with E-state index in [1.165, 1.54) is 14.2 Å². The lowest BCUT2D eigenvalue weighted by atomic mass is 10.0. The molecule has 29 heavy (non-hydrogen) atoms. The van der Waals surface area contributed by atoms with Crippen molar-refractivity contribution in [1.82, 2.24) is 9.55 Å². The second kappa shape index (κ2) is 8.03. The van der Waals surface area contributed by atoms with Gasteiger partial charge in [-0.1, -0.05) is 34.8 Å². The number of benzene rings is 1. The van der Waals surface area contributed by atoms with Gasteiger partial charge < -0.3 is 18.8 Å². The predicted octanol–water partition coefficient (Wildman–Crippen LogP) is 5.00. The van der Waals surface area contributed by atoms with Gasteiger partial charge in [-0.2, -0.15) is 0 Å². The number of pyridine rings is 2. The van der Waals surface area contributed by atoms with Gasteiger partial charge in [0.05, 0.1) is 48.0 Å². The maximum Gasteiger partial charge on any atom is 0.259 e. The molecule has 0 bridgehead atoms. The second-order valence-corrected chi connectivity index (χ2v) is 7.74. The van der Waals surface area contributed by atoms with E-state index in [0.29, 0.717) is 52.9 Å². The van der Waals surface area contributed by atoms with E-state index in [1.54, 1.807) is 29.0 Å². The Balaban J connectivity index is 2.10. The number of aromatic nitrogens is 2. The molecule has 1 atom stereocenters. The van der Waals surface area contributed by atoms with Crippen LogP contribution in [-0.4, -0.2) is 37.0 Å². The third-order valence-electron chi connectivity index (χ3n) is 5.00. The van der Waals surface area contributed by atoms with Gasteiger partial charge in [-0.25, -0.2) is 4.98 Å². The average molecular weight is 456 g/mol. The first kappa shape index (κ1) is 20.3. The van der Waals surface area contributed by atoms with Gasteiger partial charge in [-0.3, -0.25) is 4.79 Å². The van der Waals surface area contributed by atoms with Crippen LogP contribution in [0.3, 0.4) is 0 Å². The van der Waals surface area contributed by atoms with Gasteiger partial charge in [0.25, 0.3) is 5.56 Å². The Morgan fingerprint density at radius 3 is 2.38 bits per heavy atom. The lowest BCUT2D eigenvalue weighted by molar-refractivity contribution is 0.186. The maximum atomic E-state index is 13.6. The molecule has 3 heterocycles. The van der Waals surface area contributed by atoms with Crippen molar-refractivity contribution in [2.24, 2.45) is 0 Å². The Hall–Kier alpha value is -1.99. The van der Waals surface area contributed by atoms with Crippen molar-refractivity contribution in [3.63, 3.8) is 0 Å². The molecular formula is C20H17Cl3N2O4. The molecule has 1 unspecified atom stereocenters. The number of methoxy groups -OCH3 is 2. The highest BCUT2D eigenvalue weighted by molar-refractivity contribution is 6.41. The van der Waals surface area contributed by atoms with E-state index in [2.05, 4.69) is 4.98 Å². The third-order valence-corrected chi connectivity index (χ3v) is 5.96. The Morgan fingerprint density at radius 2 is 1.79 bits per heavy atom. The summed E-state index contributed by atoms with van der Waals surface area (Å²) in [5, 5.41) is 1.48. The number of halogens is 3. The summed E-state index contributed by atoms with van der Waals surface area (Å²) in [6, 6.07) is 4.84. The van der Waals surface area contributed by atoms with Crippen LogP contribution in [0.2, 0.25) is 15.2 Å². The van der Waals surface area contributed by atoms with Crippen molar-refractivity contribution in [2.45, 2.75) is 12.5 Å². The van der Waals surface area contributed by atoms with Crippen LogP contribution < -0.4 is 15.0 Å². The molecule has 3 aromatic rings. The topological polar surface area (TPSA) is 62.6 Å². The van der Waals surface area contributed by atoms with Crippen LogP contribution in [0.5, 0.6) is 11.5 Å². The molecule has 1 fully saturated rings. The zero-order valence-electron chi connectivity index (χ0n) is 15.7. The van der Waals surface area contributed by atoms with Crippen molar-refractivity contribution >= 4 is 45.7 Å². The molecule has 6 nitrogen and oxygen atoms in total. The molecule has 1 saturated heterocycles. The Bertz CT molecular complexity index is 1130. The number of rotatable bonds is 4. The van der Waals surface area contributed by atoms with Crippen molar-refractivity contribution in [3.8, 4) is 22.6 Å². The first-order valence-electron chi connectivity index (χ1n) is 8.85. The molecule has 0 spiro atoms. The summed E-state index contributed by atoms with van der Waals surface area (Å²) >= 11 is 19.2. The van der Waals surface area contributed by atoms with Crippen molar-refractivity contribution in [1.29, 1.82) is 0 Å². The van der Waals surface area contributed by atoms with E-state index in [9.17, 15) is 4.79 Å². The van der Waals surface area contributed by atoms with E-state index in [1.807, 2.05) is 0 Å². The molecule has 0 saturated carbocycles. The number of ether oxygens (including phenoxy) is 3. The highest BCUT2D eigenvalue weighted by Crippen LogP contribution is 2.45. The highest BCUT2D eigenvalue weighted by Gasteiger charge is 2.26. The van der Waals surface area contributed by atoms with Crippen molar-refractivity contribution < 1.29 is 14.2 Å². The lowest BCUT2D eigenvalue weighted by Gasteiger charge is -2.20. The molecule has 4 rings (SSSR count). The van der Waals surface area contributed by atoms with Gasteiger partial charge in [0, 0.05) is 29.8 Å². The van der Waals surface area contributed by atoms with E-state index in [-0.39, 0.29) is 21.6 Å². The Labute approximate surface area is 181 Å². The zero-order chi connectivity index (χ0) is 20.7. The molecule has 0 amide bonds. The normalized spacial score (nSPS) is 16.4. The van der Waals surface area contributed by atoms with Crippen LogP contribution in [0, 0.1) is 0 Å². The quantitative estimate of drug-likeness (QED) is 0.518. The van der Waals surface area contributed by atoms with E-state index >= 15 is 0 Å². The summed E-state index contributed by atoms with van der Waals surface area (Å²) in [5.74, 6) is 0.708. The molecule has 0 N–H and O–H groups in total. The van der Waals surface area contributed by atoms with Crippen LogP contribution in [-0.2, 0) is 4.74 Å². The second-order valence-electron chi connectivity index (χ2n) is 6.60. The first-order chi connectivity index (χ1) is 14.0. The molecule has 0 radical (unpaired) electrons. The summed E-state index contributed by atoms with van der Waals surface area (Å²) in [6.07, 6.45) is 2.33. The van der Waals surface area contributed by atoms with Gasteiger partial charge in [0.1, 0.15) is 16.7 Å². The van der Waals surface area contributed by atoms with Gasteiger partial charge >= 0.3 is 0 Å². The van der Waals surface area contributed by atoms with Gasteiger partial charge in [0.15, 0.2) is 0 Å². The number of nitrogens with zero attached hydrogens (tertiary/aromatic N) is 2.